The second-order valence-corrected chi connectivity index (χ2v) is 2.91. The molecule has 5 heteroatoms. The number of hydrogen-bond acceptors (Lipinski definition) is 3. The van der Waals surface area contributed by atoms with Gasteiger partial charge in [-0.25, -0.2) is 9.59 Å². The Hall–Kier alpha value is -1.52. The molecule has 0 aliphatic heterocycles. The van der Waals surface area contributed by atoms with Gasteiger partial charge in [0.1, 0.15) is 6.10 Å². The molecule has 0 radical (unpaired) electrons. The summed E-state index contributed by atoms with van der Waals surface area (Å²) in [5.41, 5.74) is 0.123. The predicted molar refractivity (Wildman–Crippen MR) is 51.0 cm³/mol. The minimum Gasteiger partial charge on any atom is -0.478 e. The summed E-state index contributed by atoms with van der Waals surface area (Å²) in [6, 6.07) is 0. The maximum atomic E-state index is 10.7. The minimum absolute atomic E-state index is 0.123. The van der Waals surface area contributed by atoms with Gasteiger partial charge in [0.25, 0.3) is 0 Å². The Morgan fingerprint density at radius 1 is 1.57 bits per heavy atom. The van der Waals surface area contributed by atoms with Gasteiger partial charge >= 0.3 is 12.1 Å². The Morgan fingerprint density at radius 3 is 2.57 bits per heavy atom. The van der Waals surface area contributed by atoms with Gasteiger partial charge in [-0.05, 0) is 19.8 Å². The molecule has 0 aromatic carbocycles. The van der Waals surface area contributed by atoms with E-state index in [1.165, 1.54) is 7.05 Å². The summed E-state index contributed by atoms with van der Waals surface area (Å²) in [5.74, 6) is -1.02. The standard InChI is InChI=1S/C9H15NO4/c1-6(8(11)12)4-5-7(2)14-9(13)10-3/h7H,1,4-5H2,2-3H3,(H,10,13)(H,11,12). The van der Waals surface area contributed by atoms with E-state index in [-0.39, 0.29) is 11.7 Å². The number of carbonyl (C=O) groups excluding carboxylic acids is 1. The van der Waals surface area contributed by atoms with Gasteiger partial charge in [0.15, 0.2) is 0 Å². The fraction of sp³-hybridized carbons (Fsp3) is 0.556. The number of ether oxygens (including phenoxy) is 1. The van der Waals surface area contributed by atoms with Crippen LogP contribution in [0, 0.1) is 0 Å². The third-order valence-electron chi connectivity index (χ3n) is 1.67. The third kappa shape index (κ3) is 5.18. The van der Waals surface area contributed by atoms with E-state index < -0.39 is 12.1 Å². The van der Waals surface area contributed by atoms with E-state index in [4.69, 9.17) is 9.84 Å². The zero-order valence-electron chi connectivity index (χ0n) is 8.37. The highest BCUT2D eigenvalue weighted by atomic mass is 16.6. The van der Waals surface area contributed by atoms with Crippen LogP contribution in [0.2, 0.25) is 0 Å². The van der Waals surface area contributed by atoms with E-state index in [0.29, 0.717) is 12.8 Å². The summed E-state index contributed by atoms with van der Waals surface area (Å²) in [5, 5.41) is 10.8. The van der Waals surface area contributed by atoms with Gasteiger partial charge in [0.2, 0.25) is 0 Å². The number of carboxylic acids is 1. The first-order valence-electron chi connectivity index (χ1n) is 4.26. The van der Waals surface area contributed by atoms with E-state index in [1.54, 1.807) is 6.92 Å². The van der Waals surface area contributed by atoms with Gasteiger partial charge in [-0.15, -0.1) is 0 Å². The zero-order chi connectivity index (χ0) is 11.1. The molecule has 0 aromatic rings. The molecule has 2 N–H and O–H groups in total. The molecule has 80 valence electrons. The van der Waals surface area contributed by atoms with Crippen molar-refractivity contribution in [3.05, 3.63) is 12.2 Å². The second-order valence-electron chi connectivity index (χ2n) is 2.91. The number of carboxylic acid groups (broad SMARTS) is 1. The molecule has 0 bridgehead atoms. The van der Waals surface area contributed by atoms with Crippen LogP contribution < -0.4 is 5.32 Å². The van der Waals surface area contributed by atoms with Crippen LogP contribution in [0.15, 0.2) is 12.2 Å². The van der Waals surface area contributed by atoms with Crippen LogP contribution in [0.1, 0.15) is 19.8 Å². The summed E-state index contributed by atoms with van der Waals surface area (Å²) in [4.78, 5) is 21.1. The Labute approximate surface area is 82.7 Å². The Kier molecular flexibility index (Phi) is 5.36. The summed E-state index contributed by atoms with van der Waals surface area (Å²) < 4.78 is 4.85. The SMILES string of the molecule is C=C(CCC(C)OC(=O)NC)C(=O)O. The number of aliphatic carboxylic acids is 1. The van der Waals surface area contributed by atoms with Gasteiger partial charge < -0.3 is 15.2 Å². The average molecular weight is 201 g/mol. The van der Waals surface area contributed by atoms with Crippen LogP contribution in [-0.2, 0) is 9.53 Å². The largest absolute Gasteiger partial charge is 0.478 e. The normalized spacial score (nSPS) is 11.6. The highest BCUT2D eigenvalue weighted by molar-refractivity contribution is 5.85. The van der Waals surface area contributed by atoms with Gasteiger partial charge in [0.05, 0.1) is 0 Å². The fourth-order valence-corrected chi connectivity index (χ4v) is 0.785. The third-order valence-corrected chi connectivity index (χ3v) is 1.67. The first-order valence-corrected chi connectivity index (χ1v) is 4.26. The van der Waals surface area contributed by atoms with Gasteiger partial charge in [-0.2, -0.15) is 0 Å². The minimum atomic E-state index is -1.02. The lowest BCUT2D eigenvalue weighted by Gasteiger charge is -2.12. The molecule has 1 atom stereocenters. The average Bonchev–Trinajstić information content (AvgIpc) is 2.13. The van der Waals surface area contributed by atoms with Crippen molar-refractivity contribution in [2.75, 3.05) is 7.05 Å². The van der Waals surface area contributed by atoms with Crippen LogP contribution in [0.25, 0.3) is 0 Å². The number of alkyl carbamates (subject to hydrolysis) is 1. The van der Waals surface area contributed by atoms with Crippen LogP contribution >= 0.6 is 0 Å². The highest BCUT2D eigenvalue weighted by Crippen LogP contribution is 2.08. The van der Waals surface area contributed by atoms with Crippen LogP contribution in [0.5, 0.6) is 0 Å². The quantitative estimate of drug-likeness (QED) is 0.654. The maximum Gasteiger partial charge on any atom is 0.407 e. The first kappa shape index (κ1) is 12.5. The van der Waals surface area contributed by atoms with E-state index in [0.717, 1.165) is 0 Å². The van der Waals surface area contributed by atoms with Crippen LogP contribution in [0.3, 0.4) is 0 Å². The lowest BCUT2D eigenvalue weighted by molar-refractivity contribution is -0.132. The van der Waals surface area contributed by atoms with Crippen LogP contribution in [0.4, 0.5) is 4.79 Å². The first-order chi connectivity index (χ1) is 6.47. The molecular formula is C9H15NO4. The predicted octanol–water partition coefficient (Wildman–Crippen LogP) is 1.15. The summed E-state index contributed by atoms with van der Waals surface area (Å²) in [6.45, 7) is 5.07. The van der Waals surface area contributed by atoms with E-state index in [9.17, 15) is 9.59 Å². The topological polar surface area (TPSA) is 75.6 Å². The maximum absolute atomic E-state index is 10.7. The molecule has 0 aromatic heterocycles. The molecule has 0 saturated carbocycles. The molecule has 1 unspecified atom stereocenters. The van der Waals surface area contributed by atoms with Gasteiger partial charge in [0, 0.05) is 12.6 Å². The molecule has 14 heavy (non-hydrogen) atoms. The molecule has 0 fully saturated rings. The van der Waals surface area contributed by atoms with Gasteiger partial charge in [-0.3, -0.25) is 0 Å². The molecule has 5 nitrogen and oxygen atoms in total. The molecule has 1 amide bonds. The molecule has 0 aliphatic carbocycles. The Balaban J connectivity index is 3.74. The molecule has 0 aliphatic rings. The Morgan fingerprint density at radius 2 is 2.14 bits per heavy atom. The second kappa shape index (κ2) is 6.01. The van der Waals surface area contributed by atoms with Gasteiger partial charge in [-0.1, -0.05) is 6.58 Å². The monoisotopic (exact) mass is 201 g/mol. The van der Waals surface area contributed by atoms with Crippen molar-refractivity contribution in [3.63, 3.8) is 0 Å². The molecule has 0 spiro atoms. The summed E-state index contributed by atoms with van der Waals surface area (Å²) >= 11 is 0. The fourth-order valence-electron chi connectivity index (χ4n) is 0.785. The van der Waals surface area contributed by atoms with Crippen molar-refractivity contribution in [2.45, 2.75) is 25.9 Å². The molecular weight excluding hydrogens is 186 g/mol. The van der Waals surface area contributed by atoms with Crippen molar-refractivity contribution < 1.29 is 19.4 Å². The van der Waals surface area contributed by atoms with Crippen molar-refractivity contribution in [1.82, 2.24) is 5.32 Å². The Bertz CT molecular complexity index is 237. The number of carbonyl (C=O) groups is 2. The van der Waals surface area contributed by atoms with E-state index in [1.807, 2.05) is 0 Å². The number of amides is 1. The summed E-state index contributed by atoms with van der Waals surface area (Å²) in [6.07, 6.45) is -0.0593. The molecule has 0 rings (SSSR count). The van der Waals surface area contributed by atoms with E-state index >= 15 is 0 Å². The van der Waals surface area contributed by atoms with Crippen molar-refractivity contribution in [2.24, 2.45) is 0 Å². The molecule has 0 heterocycles. The van der Waals surface area contributed by atoms with Crippen molar-refractivity contribution in [1.29, 1.82) is 0 Å². The molecule has 0 saturated heterocycles. The number of hydrogen-bond donors (Lipinski definition) is 2. The highest BCUT2D eigenvalue weighted by Gasteiger charge is 2.10. The lowest BCUT2D eigenvalue weighted by Crippen LogP contribution is -2.24. The zero-order valence-corrected chi connectivity index (χ0v) is 8.37. The van der Waals surface area contributed by atoms with Crippen molar-refractivity contribution in [3.8, 4) is 0 Å². The smallest absolute Gasteiger partial charge is 0.407 e. The van der Waals surface area contributed by atoms with Crippen molar-refractivity contribution >= 4 is 12.1 Å². The van der Waals surface area contributed by atoms with E-state index in [2.05, 4.69) is 11.9 Å². The lowest BCUT2D eigenvalue weighted by atomic mass is 10.1. The van der Waals surface area contributed by atoms with Crippen LogP contribution in [-0.4, -0.2) is 30.3 Å². The summed E-state index contributed by atoms with van der Waals surface area (Å²) in [7, 11) is 1.46. The number of rotatable bonds is 5. The number of nitrogens with one attached hydrogen (secondary N) is 1.